The molecule has 0 bridgehead atoms. The van der Waals surface area contributed by atoms with Crippen LogP contribution >= 0.6 is 0 Å². The van der Waals surface area contributed by atoms with Gasteiger partial charge in [-0.3, -0.25) is 24.6 Å². The summed E-state index contributed by atoms with van der Waals surface area (Å²) in [6.07, 6.45) is 5.52. The molecule has 1 saturated heterocycles. The fraction of sp³-hybridized carbons (Fsp3) is 0.591. The first-order valence-corrected chi connectivity index (χ1v) is 10.6. The van der Waals surface area contributed by atoms with E-state index in [1.54, 1.807) is 4.90 Å². The molecule has 1 aromatic carbocycles. The maximum Gasteiger partial charge on any atom is 0.255 e. The van der Waals surface area contributed by atoms with Crippen LogP contribution in [0, 0.1) is 0 Å². The number of nitrogens with zero attached hydrogens (tertiary/aromatic N) is 2. The Balaban J connectivity index is 1.44. The van der Waals surface area contributed by atoms with E-state index in [1.165, 1.54) is 19.3 Å². The summed E-state index contributed by atoms with van der Waals surface area (Å²) < 4.78 is 0. The summed E-state index contributed by atoms with van der Waals surface area (Å²) in [7, 11) is 4.20. The third-order valence-corrected chi connectivity index (χ3v) is 6.70. The summed E-state index contributed by atoms with van der Waals surface area (Å²) in [5, 5.41) is 5.76. The van der Waals surface area contributed by atoms with Crippen LogP contribution in [-0.2, 0) is 22.7 Å². The molecule has 4 rings (SSSR count). The highest BCUT2D eigenvalue weighted by Crippen LogP contribution is 2.29. The smallest absolute Gasteiger partial charge is 0.255 e. The Morgan fingerprint density at radius 2 is 2.03 bits per heavy atom. The monoisotopic (exact) mass is 398 g/mol. The molecule has 1 aromatic rings. The minimum atomic E-state index is -0.556. The van der Waals surface area contributed by atoms with Crippen molar-refractivity contribution in [2.45, 2.75) is 69.7 Å². The average Bonchev–Trinajstić information content (AvgIpc) is 3.04. The van der Waals surface area contributed by atoms with Gasteiger partial charge >= 0.3 is 0 Å². The minimum Gasteiger partial charge on any atom is -0.322 e. The maximum absolute atomic E-state index is 13.0. The van der Waals surface area contributed by atoms with Gasteiger partial charge in [-0.15, -0.1) is 0 Å². The van der Waals surface area contributed by atoms with Gasteiger partial charge in [0.1, 0.15) is 6.04 Å². The maximum atomic E-state index is 13.0. The predicted molar refractivity (Wildman–Crippen MR) is 109 cm³/mol. The fourth-order valence-electron chi connectivity index (χ4n) is 4.94. The van der Waals surface area contributed by atoms with Gasteiger partial charge in [0.25, 0.3) is 5.91 Å². The zero-order chi connectivity index (χ0) is 20.5. The molecule has 2 heterocycles. The summed E-state index contributed by atoms with van der Waals surface area (Å²) >= 11 is 0. The van der Waals surface area contributed by atoms with Gasteiger partial charge in [-0.05, 0) is 57.0 Å². The van der Waals surface area contributed by atoms with E-state index in [4.69, 9.17) is 0 Å². The zero-order valence-corrected chi connectivity index (χ0v) is 17.2. The van der Waals surface area contributed by atoms with Gasteiger partial charge in [0.05, 0.1) is 0 Å². The Bertz CT molecular complexity index is 824. The van der Waals surface area contributed by atoms with Crippen molar-refractivity contribution >= 4 is 17.7 Å². The Morgan fingerprint density at radius 3 is 2.79 bits per heavy atom. The number of hydrogen-bond acceptors (Lipinski definition) is 5. The number of carbonyl (C=O) groups is 3. The molecule has 1 aliphatic carbocycles. The number of piperidine rings is 1. The van der Waals surface area contributed by atoms with Crippen LogP contribution in [0.15, 0.2) is 18.2 Å². The van der Waals surface area contributed by atoms with Gasteiger partial charge in [0, 0.05) is 37.2 Å². The van der Waals surface area contributed by atoms with E-state index in [2.05, 4.69) is 28.6 Å². The molecular formula is C22H30N4O3. The van der Waals surface area contributed by atoms with E-state index in [0.29, 0.717) is 30.6 Å². The molecule has 0 radical (unpaired) electrons. The molecule has 3 unspecified atom stereocenters. The number of nitrogens with one attached hydrogen (secondary N) is 2. The Labute approximate surface area is 171 Å². The lowest BCUT2D eigenvalue weighted by molar-refractivity contribution is -0.136. The van der Waals surface area contributed by atoms with Gasteiger partial charge in [0.15, 0.2) is 0 Å². The van der Waals surface area contributed by atoms with Crippen molar-refractivity contribution in [3.63, 3.8) is 0 Å². The normalized spacial score (nSPS) is 27.3. The first kappa shape index (κ1) is 20.0. The first-order valence-electron chi connectivity index (χ1n) is 10.6. The molecule has 156 valence electrons. The van der Waals surface area contributed by atoms with Gasteiger partial charge in [0.2, 0.25) is 11.8 Å². The lowest BCUT2D eigenvalue weighted by atomic mass is 9.90. The molecule has 2 N–H and O–H groups in total. The second-order valence-electron chi connectivity index (χ2n) is 8.61. The third kappa shape index (κ3) is 4.07. The summed E-state index contributed by atoms with van der Waals surface area (Å²) in [4.78, 5) is 40.6. The number of rotatable bonds is 5. The van der Waals surface area contributed by atoms with Gasteiger partial charge in [-0.2, -0.15) is 0 Å². The number of imide groups is 1. The second-order valence-corrected chi connectivity index (χ2v) is 8.61. The highest BCUT2D eigenvalue weighted by Gasteiger charge is 2.39. The lowest BCUT2D eigenvalue weighted by Gasteiger charge is -2.35. The van der Waals surface area contributed by atoms with Crippen LogP contribution < -0.4 is 10.6 Å². The van der Waals surface area contributed by atoms with Crippen LogP contribution in [0.25, 0.3) is 0 Å². The van der Waals surface area contributed by atoms with Crippen LogP contribution in [0.5, 0.6) is 0 Å². The van der Waals surface area contributed by atoms with Crippen molar-refractivity contribution in [1.29, 1.82) is 0 Å². The number of amides is 3. The summed E-state index contributed by atoms with van der Waals surface area (Å²) in [6, 6.07) is 6.66. The Kier molecular flexibility index (Phi) is 5.69. The SMILES string of the molecule is CNC1CCCC(N(C)Cc2ccc3c(c2)C(=O)N(C2CCC(=O)NC2=O)C3)C1. The van der Waals surface area contributed by atoms with Crippen molar-refractivity contribution in [2.75, 3.05) is 14.1 Å². The van der Waals surface area contributed by atoms with Crippen molar-refractivity contribution in [2.24, 2.45) is 0 Å². The van der Waals surface area contributed by atoms with Crippen molar-refractivity contribution in [3.8, 4) is 0 Å². The molecular weight excluding hydrogens is 368 g/mol. The molecule has 7 heteroatoms. The second kappa shape index (κ2) is 8.24. The van der Waals surface area contributed by atoms with Crippen molar-refractivity contribution < 1.29 is 14.4 Å². The van der Waals surface area contributed by atoms with Gasteiger partial charge in [-0.25, -0.2) is 0 Å². The average molecular weight is 399 g/mol. The number of fused-ring (bicyclic) bond motifs is 1. The Hall–Kier alpha value is -2.25. The molecule has 3 amide bonds. The van der Waals surface area contributed by atoms with Crippen LogP contribution in [0.1, 0.15) is 60.0 Å². The number of carbonyl (C=O) groups excluding carboxylic acids is 3. The molecule has 3 atom stereocenters. The first-order chi connectivity index (χ1) is 14.0. The molecule has 2 fully saturated rings. The van der Waals surface area contributed by atoms with Crippen LogP contribution in [0.4, 0.5) is 0 Å². The van der Waals surface area contributed by atoms with E-state index in [9.17, 15) is 14.4 Å². The van der Waals surface area contributed by atoms with E-state index < -0.39 is 6.04 Å². The predicted octanol–water partition coefficient (Wildman–Crippen LogP) is 1.41. The fourth-order valence-corrected chi connectivity index (χ4v) is 4.94. The van der Waals surface area contributed by atoms with Crippen LogP contribution in [0.2, 0.25) is 0 Å². The van der Waals surface area contributed by atoms with E-state index >= 15 is 0 Å². The molecule has 2 aliphatic heterocycles. The van der Waals surface area contributed by atoms with E-state index in [-0.39, 0.29) is 24.1 Å². The molecule has 0 spiro atoms. The topological polar surface area (TPSA) is 81.8 Å². The molecule has 0 aromatic heterocycles. The molecule has 29 heavy (non-hydrogen) atoms. The lowest BCUT2D eigenvalue weighted by Crippen LogP contribution is -2.52. The quantitative estimate of drug-likeness (QED) is 0.733. The Morgan fingerprint density at radius 1 is 1.21 bits per heavy atom. The molecule has 7 nitrogen and oxygen atoms in total. The standard InChI is InChI=1S/C22H30N4O3/c1-23-16-4-3-5-17(11-16)25(2)12-14-6-7-15-13-26(22(29)18(15)10-14)19-8-9-20(27)24-21(19)28/h6-7,10,16-17,19,23H,3-5,8-9,11-13H2,1-2H3,(H,24,27,28). The van der Waals surface area contributed by atoms with Crippen molar-refractivity contribution in [1.82, 2.24) is 20.4 Å². The van der Waals surface area contributed by atoms with Gasteiger partial charge < -0.3 is 10.2 Å². The summed E-state index contributed by atoms with van der Waals surface area (Å²) in [5.74, 6) is -0.727. The van der Waals surface area contributed by atoms with Crippen molar-refractivity contribution in [3.05, 3.63) is 34.9 Å². The largest absolute Gasteiger partial charge is 0.322 e. The number of hydrogen-bond donors (Lipinski definition) is 2. The number of benzene rings is 1. The van der Waals surface area contributed by atoms with Crippen LogP contribution in [-0.4, -0.2) is 59.7 Å². The summed E-state index contributed by atoms with van der Waals surface area (Å²) in [5.41, 5.74) is 2.77. The van der Waals surface area contributed by atoms with E-state index in [0.717, 1.165) is 24.1 Å². The molecule has 1 saturated carbocycles. The van der Waals surface area contributed by atoms with Crippen LogP contribution in [0.3, 0.4) is 0 Å². The summed E-state index contributed by atoms with van der Waals surface area (Å²) in [6.45, 7) is 1.24. The highest BCUT2D eigenvalue weighted by molar-refractivity contribution is 6.05. The molecule has 3 aliphatic rings. The highest BCUT2D eigenvalue weighted by atomic mass is 16.2. The van der Waals surface area contributed by atoms with Gasteiger partial charge in [-0.1, -0.05) is 18.6 Å². The minimum absolute atomic E-state index is 0.105. The zero-order valence-electron chi connectivity index (χ0n) is 17.2. The third-order valence-electron chi connectivity index (χ3n) is 6.70. The van der Waals surface area contributed by atoms with E-state index in [1.807, 2.05) is 19.2 Å².